The van der Waals surface area contributed by atoms with Crippen molar-refractivity contribution in [3.63, 3.8) is 0 Å². The number of hydrogen-bond donors (Lipinski definition) is 2. The van der Waals surface area contributed by atoms with Gasteiger partial charge in [0.15, 0.2) is 12.6 Å². The van der Waals surface area contributed by atoms with Crippen molar-refractivity contribution in [2.24, 2.45) is 0 Å². The molecule has 0 amide bonds. The molecule has 2 N–H and O–H groups in total. The van der Waals surface area contributed by atoms with E-state index in [0.717, 1.165) is 11.1 Å². The maximum atomic E-state index is 10.5. The summed E-state index contributed by atoms with van der Waals surface area (Å²) in [6, 6.07) is 19.0. The van der Waals surface area contributed by atoms with Gasteiger partial charge in [0.25, 0.3) is 0 Å². The van der Waals surface area contributed by atoms with Gasteiger partial charge in [-0.3, -0.25) is 0 Å². The Morgan fingerprint density at radius 2 is 1.23 bits per heavy atom. The molecule has 0 spiro atoms. The summed E-state index contributed by atoms with van der Waals surface area (Å²) in [6.07, 6.45) is -4.77. The molecule has 0 saturated carbocycles. The predicted molar refractivity (Wildman–Crippen MR) is 92.0 cm³/mol. The summed E-state index contributed by atoms with van der Waals surface area (Å²) in [6.45, 7) is 0.171. The van der Waals surface area contributed by atoms with Gasteiger partial charge in [-0.1, -0.05) is 60.7 Å². The zero-order chi connectivity index (χ0) is 17.9. The van der Waals surface area contributed by atoms with E-state index in [1.165, 1.54) is 0 Å². The first-order valence-corrected chi connectivity index (χ1v) is 8.72. The molecule has 2 aliphatic rings. The maximum absolute atomic E-state index is 10.5. The molecule has 6 nitrogen and oxygen atoms in total. The van der Waals surface area contributed by atoms with Crippen molar-refractivity contribution in [1.29, 1.82) is 0 Å². The Hall–Kier alpha value is -1.80. The molecule has 2 saturated heterocycles. The SMILES string of the molecule is O[C@@H]1[C@H]2OC(c3ccccc3)OC[C@H]2OC(c2ccccc2)OC[C@@H]1O. The van der Waals surface area contributed by atoms with Crippen LogP contribution in [0.4, 0.5) is 0 Å². The van der Waals surface area contributed by atoms with Crippen LogP contribution in [0.5, 0.6) is 0 Å². The first-order chi connectivity index (χ1) is 12.7. The van der Waals surface area contributed by atoms with E-state index in [4.69, 9.17) is 18.9 Å². The van der Waals surface area contributed by atoms with E-state index >= 15 is 0 Å². The summed E-state index contributed by atoms with van der Waals surface area (Å²) < 4.78 is 23.5. The number of aliphatic hydroxyl groups excluding tert-OH is 2. The lowest BCUT2D eigenvalue weighted by Crippen LogP contribution is -2.55. The summed E-state index contributed by atoms with van der Waals surface area (Å²) in [5.74, 6) is 0. The summed E-state index contributed by atoms with van der Waals surface area (Å²) >= 11 is 0. The average Bonchev–Trinajstić information content (AvgIpc) is 2.71. The van der Waals surface area contributed by atoms with Crippen LogP contribution in [-0.2, 0) is 18.9 Å². The van der Waals surface area contributed by atoms with Crippen LogP contribution in [0, 0.1) is 0 Å². The molecule has 2 unspecified atom stereocenters. The van der Waals surface area contributed by atoms with Crippen LogP contribution >= 0.6 is 0 Å². The van der Waals surface area contributed by atoms with Crippen molar-refractivity contribution < 1.29 is 29.2 Å². The minimum Gasteiger partial charge on any atom is -0.388 e. The van der Waals surface area contributed by atoms with Crippen LogP contribution in [0.15, 0.2) is 60.7 Å². The Morgan fingerprint density at radius 3 is 1.85 bits per heavy atom. The van der Waals surface area contributed by atoms with Gasteiger partial charge in [-0.05, 0) is 0 Å². The van der Waals surface area contributed by atoms with Crippen LogP contribution in [0.25, 0.3) is 0 Å². The molecule has 2 aromatic rings. The van der Waals surface area contributed by atoms with E-state index in [2.05, 4.69) is 0 Å². The number of benzene rings is 2. The Bertz CT molecular complexity index is 694. The van der Waals surface area contributed by atoms with Crippen molar-refractivity contribution >= 4 is 0 Å². The molecule has 138 valence electrons. The molecule has 0 aromatic heterocycles. The van der Waals surface area contributed by atoms with Crippen molar-refractivity contribution in [3.8, 4) is 0 Å². The van der Waals surface area contributed by atoms with E-state index in [-0.39, 0.29) is 13.2 Å². The Kier molecular flexibility index (Phi) is 5.31. The van der Waals surface area contributed by atoms with Gasteiger partial charge in [0, 0.05) is 11.1 Å². The van der Waals surface area contributed by atoms with Crippen LogP contribution < -0.4 is 0 Å². The Labute approximate surface area is 151 Å². The molecule has 0 aliphatic carbocycles. The number of aliphatic hydroxyl groups is 2. The Balaban J connectivity index is 1.55. The minimum absolute atomic E-state index is 0.0514. The van der Waals surface area contributed by atoms with Gasteiger partial charge in [0.2, 0.25) is 0 Å². The van der Waals surface area contributed by atoms with Crippen LogP contribution in [0.1, 0.15) is 23.7 Å². The fourth-order valence-electron chi connectivity index (χ4n) is 3.24. The zero-order valence-electron chi connectivity index (χ0n) is 14.2. The monoisotopic (exact) mass is 358 g/mol. The molecule has 6 atom stereocenters. The van der Waals surface area contributed by atoms with E-state index < -0.39 is 37.0 Å². The van der Waals surface area contributed by atoms with Crippen LogP contribution in [0.3, 0.4) is 0 Å². The molecular weight excluding hydrogens is 336 g/mol. The van der Waals surface area contributed by atoms with Crippen molar-refractivity contribution in [3.05, 3.63) is 71.8 Å². The maximum Gasteiger partial charge on any atom is 0.184 e. The lowest BCUT2D eigenvalue weighted by molar-refractivity contribution is -0.332. The fourth-order valence-corrected chi connectivity index (χ4v) is 3.24. The van der Waals surface area contributed by atoms with Gasteiger partial charge in [-0.25, -0.2) is 0 Å². The second-order valence-electron chi connectivity index (χ2n) is 6.49. The zero-order valence-corrected chi connectivity index (χ0v) is 14.2. The van der Waals surface area contributed by atoms with Crippen LogP contribution in [-0.4, -0.2) is 47.8 Å². The molecule has 6 heteroatoms. The quantitative estimate of drug-likeness (QED) is 0.854. The van der Waals surface area contributed by atoms with Gasteiger partial charge < -0.3 is 29.2 Å². The van der Waals surface area contributed by atoms with Crippen molar-refractivity contribution in [1.82, 2.24) is 0 Å². The number of fused-ring (bicyclic) bond motifs is 1. The smallest absolute Gasteiger partial charge is 0.184 e. The highest BCUT2D eigenvalue weighted by atomic mass is 16.7. The van der Waals surface area contributed by atoms with E-state index in [1.54, 1.807) is 0 Å². The molecule has 2 fully saturated rings. The fraction of sp³-hybridized carbons (Fsp3) is 0.400. The highest BCUT2D eigenvalue weighted by Crippen LogP contribution is 2.34. The lowest BCUT2D eigenvalue weighted by Gasteiger charge is -2.42. The first-order valence-electron chi connectivity index (χ1n) is 8.72. The minimum atomic E-state index is -1.13. The first kappa shape index (κ1) is 17.6. The number of rotatable bonds is 2. The highest BCUT2D eigenvalue weighted by Gasteiger charge is 2.43. The molecule has 0 radical (unpaired) electrons. The summed E-state index contributed by atoms with van der Waals surface area (Å²) in [5.41, 5.74) is 1.69. The third-order valence-corrected chi connectivity index (χ3v) is 4.65. The molecular formula is C20H22O6. The molecule has 0 bridgehead atoms. The van der Waals surface area contributed by atoms with Crippen LogP contribution in [0.2, 0.25) is 0 Å². The molecule has 2 heterocycles. The molecule has 26 heavy (non-hydrogen) atoms. The second kappa shape index (κ2) is 7.84. The molecule has 2 aliphatic heterocycles. The van der Waals surface area contributed by atoms with Crippen molar-refractivity contribution in [2.75, 3.05) is 13.2 Å². The lowest BCUT2D eigenvalue weighted by atomic mass is 10.0. The largest absolute Gasteiger partial charge is 0.388 e. The van der Waals surface area contributed by atoms with Gasteiger partial charge in [0.05, 0.1) is 13.2 Å². The highest BCUT2D eigenvalue weighted by molar-refractivity contribution is 5.18. The van der Waals surface area contributed by atoms with Gasteiger partial charge in [-0.15, -0.1) is 0 Å². The van der Waals surface area contributed by atoms with Gasteiger partial charge in [0.1, 0.15) is 24.4 Å². The summed E-state index contributed by atoms with van der Waals surface area (Å²) in [7, 11) is 0. The standard InChI is InChI=1S/C20H22O6/c21-15-11-23-19(13-7-3-1-4-8-13)25-16-12-24-20(26-18(16)17(15)22)14-9-5-2-6-10-14/h1-10,15-22H,11-12H2/t15-,16+,17-,18-,19?,20?/m0/s1. The van der Waals surface area contributed by atoms with E-state index in [1.807, 2.05) is 60.7 Å². The molecule has 2 aromatic carbocycles. The topological polar surface area (TPSA) is 77.4 Å². The average molecular weight is 358 g/mol. The number of hydrogen-bond acceptors (Lipinski definition) is 6. The van der Waals surface area contributed by atoms with E-state index in [0.29, 0.717) is 0 Å². The van der Waals surface area contributed by atoms with Gasteiger partial charge >= 0.3 is 0 Å². The third-order valence-electron chi connectivity index (χ3n) is 4.65. The normalized spacial score (nSPS) is 35.2. The molecule has 4 rings (SSSR count). The third kappa shape index (κ3) is 3.66. The van der Waals surface area contributed by atoms with E-state index in [9.17, 15) is 10.2 Å². The predicted octanol–water partition coefficient (Wildman–Crippen LogP) is 1.94. The van der Waals surface area contributed by atoms with Crippen molar-refractivity contribution in [2.45, 2.75) is 37.0 Å². The summed E-state index contributed by atoms with van der Waals surface area (Å²) in [4.78, 5) is 0. The second-order valence-corrected chi connectivity index (χ2v) is 6.49. The van der Waals surface area contributed by atoms with Gasteiger partial charge in [-0.2, -0.15) is 0 Å². The Morgan fingerprint density at radius 1 is 0.692 bits per heavy atom. The number of ether oxygens (including phenoxy) is 4. The summed E-state index contributed by atoms with van der Waals surface area (Å²) in [5, 5.41) is 20.8.